The van der Waals surface area contributed by atoms with Crippen molar-refractivity contribution in [1.29, 1.82) is 0 Å². The Morgan fingerprint density at radius 3 is 2.64 bits per heavy atom. The molecule has 2 N–H and O–H groups in total. The van der Waals surface area contributed by atoms with Gasteiger partial charge >= 0.3 is 0 Å². The highest BCUT2D eigenvalue weighted by molar-refractivity contribution is 6.36. The summed E-state index contributed by atoms with van der Waals surface area (Å²) in [4.78, 5) is 20.6. The number of nitrogens with zero attached hydrogens (tertiary/aromatic N) is 2. The van der Waals surface area contributed by atoms with Crippen molar-refractivity contribution >= 4 is 40.6 Å². The number of hydrogen-bond donors (Lipinski definition) is 2. The zero-order valence-electron chi connectivity index (χ0n) is 13.0. The molecule has 0 unspecified atom stereocenters. The molecule has 0 radical (unpaired) electrons. The lowest BCUT2D eigenvalue weighted by atomic mass is 10.2. The van der Waals surface area contributed by atoms with E-state index < -0.39 is 0 Å². The maximum absolute atomic E-state index is 12.3. The van der Waals surface area contributed by atoms with Gasteiger partial charge in [0.1, 0.15) is 5.82 Å². The van der Waals surface area contributed by atoms with Gasteiger partial charge in [0.2, 0.25) is 0 Å². The summed E-state index contributed by atoms with van der Waals surface area (Å²) in [6, 6.07) is 12.2. The van der Waals surface area contributed by atoms with Crippen LogP contribution < -0.4 is 10.6 Å². The second-order valence-corrected chi connectivity index (χ2v) is 6.07. The van der Waals surface area contributed by atoms with Crippen LogP contribution in [0.15, 0.2) is 61.1 Å². The zero-order valence-corrected chi connectivity index (χ0v) is 14.6. The standard InChI is InChI=1S/C18H14Cl2N4O/c19-14-4-5-16(15(20)8-14)24-18(25)13-3-6-17(23-11-13)22-10-12-2-1-7-21-9-12/h1-9,11H,10H2,(H,22,23)(H,24,25). The molecule has 0 aliphatic heterocycles. The van der Waals surface area contributed by atoms with Crippen molar-refractivity contribution in [3.63, 3.8) is 0 Å². The first kappa shape index (κ1) is 17.2. The molecule has 1 aromatic carbocycles. The summed E-state index contributed by atoms with van der Waals surface area (Å²) >= 11 is 11.9. The topological polar surface area (TPSA) is 66.9 Å². The lowest BCUT2D eigenvalue weighted by Gasteiger charge is -2.09. The van der Waals surface area contributed by atoms with Crippen LogP contribution in [0.5, 0.6) is 0 Å². The highest BCUT2D eigenvalue weighted by Gasteiger charge is 2.09. The molecular weight excluding hydrogens is 359 g/mol. The van der Waals surface area contributed by atoms with Gasteiger partial charge in [0.25, 0.3) is 5.91 Å². The maximum atomic E-state index is 12.3. The molecule has 25 heavy (non-hydrogen) atoms. The smallest absolute Gasteiger partial charge is 0.257 e. The van der Waals surface area contributed by atoms with Gasteiger partial charge in [-0.05, 0) is 42.0 Å². The predicted molar refractivity (Wildman–Crippen MR) is 100 cm³/mol. The Kier molecular flexibility index (Phi) is 5.48. The first-order chi connectivity index (χ1) is 12.1. The number of benzene rings is 1. The number of rotatable bonds is 5. The summed E-state index contributed by atoms with van der Waals surface area (Å²) in [5.74, 6) is 0.375. The van der Waals surface area contributed by atoms with Crippen molar-refractivity contribution in [2.24, 2.45) is 0 Å². The van der Waals surface area contributed by atoms with Crippen LogP contribution in [0.3, 0.4) is 0 Å². The summed E-state index contributed by atoms with van der Waals surface area (Å²) in [6.07, 6.45) is 5.01. The molecule has 3 rings (SSSR count). The molecule has 0 aliphatic rings. The molecule has 0 atom stereocenters. The monoisotopic (exact) mass is 372 g/mol. The number of halogens is 2. The van der Waals surface area contributed by atoms with Crippen molar-refractivity contribution in [2.45, 2.75) is 6.54 Å². The van der Waals surface area contributed by atoms with Crippen LogP contribution in [0.2, 0.25) is 10.0 Å². The third-order valence-electron chi connectivity index (χ3n) is 3.40. The average molecular weight is 373 g/mol. The molecule has 0 saturated carbocycles. The summed E-state index contributed by atoms with van der Waals surface area (Å²) in [6.45, 7) is 0.604. The Bertz CT molecular complexity index is 870. The van der Waals surface area contributed by atoms with Crippen LogP contribution >= 0.6 is 23.2 Å². The fraction of sp³-hybridized carbons (Fsp3) is 0.0556. The summed E-state index contributed by atoms with van der Waals surface area (Å²) < 4.78 is 0. The van der Waals surface area contributed by atoms with Crippen LogP contribution in [0.25, 0.3) is 0 Å². The molecule has 0 fully saturated rings. The Morgan fingerprint density at radius 2 is 1.96 bits per heavy atom. The molecule has 0 spiro atoms. The van der Waals surface area contributed by atoms with Gasteiger partial charge in [0.05, 0.1) is 16.3 Å². The molecule has 126 valence electrons. The molecule has 2 aromatic heterocycles. The van der Waals surface area contributed by atoms with E-state index >= 15 is 0 Å². The van der Waals surface area contributed by atoms with Crippen LogP contribution in [0.4, 0.5) is 11.5 Å². The van der Waals surface area contributed by atoms with Crippen molar-refractivity contribution in [3.05, 3.63) is 82.2 Å². The average Bonchev–Trinajstić information content (AvgIpc) is 2.63. The van der Waals surface area contributed by atoms with Gasteiger partial charge in [-0.2, -0.15) is 0 Å². The Labute approximate surface area is 155 Å². The van der Waals surface area contributed by atoms with E-state index in [9.17, 15) is 4.79 Å². The van der Waals surface area contributed by atoms with Crippen LogP contribution in [-0.2, 0) is 6.54 Å². The minimum atomic E-state index is -0.296. The third-order valence-corrected chi connectivity index (χ3v) is 3.95. The van der Waals surface area contributed by atoms with Crippen molar-refractivity contribution in [2.75, 3.05) is 10.6 Å². The largest absolute Gasteiger partial charge is 0.366 e. The number of carbonyl (C=O) groups excluding carboxylic acids is 1. The number of pyridine rings is 2. The fourth-order valence-electron chi connectivity index (χ4n) is 2.11. The van der Waals surface area contributed by atoms with E-state index in [1.165, 1.54) is 6.20 Å². The number of amides is 1. The number of anilines is 2. The van der Waals surface area contributed by atoms with E-state index in [0.29, 0.717) is 33.7 Å². The minimum absolute atomic E-state index is 0.296. The van der Waals surface area contributed by atoms with E-state index in [2.05, 4.69) is 20.6 Å². The first-order valence-electron chi connectivity index (χ1n) is 7.47. The fourth-order valence-corrected chi connectivity index (χ4v) is 2.57. The number of hydrogen-bond acceptors (Lipinski definition) is 4. The van der Waals surface area contributed by atoms with Gasteiger partial charge in [-0.15, -0.1) is 0 Å². The second kappa shape index (κ2) is 7.96. The Morgan fingerprint density at radius 1 is 1.08 bits per heavy atom. The Hall–Kier alpha value is -2.63. The SMILES string of the molecule is O=C(Nc1ccc(Cl)cc1Cl)c1ccc(NCc2cccnc2)nc1. The van der Waals surface area contributed by atoms with Crippen molar-refractivity contribution < 1.29 is 4.79 Å². The quantitative estimate of drug-likeness (QED) is 0.683. The summed E-state index contributed by atoms with van der Waals surface area (Å²) in [5, 5.41) is 6.79. The van der Waals surface area contributed by atoms with E-state index in [1.807, 2.05) is 12.1 Å². The molecule has 7 heteroatoms. The molecule has 1 amide bonds. The van der Waals surface area contributed by atoms with Gasteiger partial charge in [0.15, 0.2) is 0 Å². The maximum Gasteiger partial charge on any atom is 0.257 e. The summed E-state index contributed by atoms with van der Waals surface area (Å²) in [5.41, 5.74) is 1.97. The zero-order chi connectivity index (χ0) is 17.6. The van der Waals surface area contributed by atoms with Crippen LogP contribution in [-0.4, -0.2) is 15.9 Å². The van der Waals surface area contributed by atoms with Gasteiger partial charge in [0, 0.05) is 30.2 Å². The molecule has 0 aliphatic carbocycles. The third kappa shape index (κ3) is 4.68. The number of aromatic nitrogens is 2. The molecule has 0 saturated heterocycles. The molecule has 2 heterocycles. The highest BCUT2D eigenvalue weighted by Crippen LogP contribution is 2.25. The molecule has 5 nitrogen and oxygen atoms in total. The summed E-state index contributed by atoms with van der Waals surface area (Å²) in [7, 11) is 0. The lowest BCUT2D eigenvalue weighted by Crippen LogP contribution is -2.13. The van der Waals surface area contributed by atoms with Gasteiger partial charge in [-0.1, -0.05) is 29.3 Å². The second-order valence-electron chi connectivity index (χ2n) is 5.23. The van der Waals surface area contributed by atoms with E-state index in [4.69, 9.17) is 23.2 Å². The molecule has 3 aromatic rings. The normalized spacial score (nSPS) is 10.3. The van der Waals surface area contributed by atoms with E-state index in [0.717, 1.165) is 5.56 Å². The van der Waals surface area contributed by atoms with Crippen LogP contribution in [0, 0.1) is 0 Å². The predicted octanol–water partition coefficient (Wildman–Crippen LogP) is 4.65. The van der Waals surface area contributed by atoms with Crippen LogP contribution in [0.1, 0.15) is 15.9 Å². The van der Waals surface area contributed by atoms with E-state index in [1.54, 1.807) is 42.7 Å². The van der Waals surface area contributed by atoms with Crippen molar-refractivity contribution in [3.8, 4) is 0 Å². The van der Waals surface area contributed by atoms with Crippen molar-refractivity contribution in [1.82, 2.24) is 9.97 Å². The minimum Gasteiger partial charge on any atom is -0.366 e. The van der Waals surface area contributed by atoms with E-state index in [-0.39, 0.29) is 5.91 Å². The number of carbonyl (C=O) groups is 1. The Balaban J connectivity index is 1.62. The first-order valence-corrected chi connectivity index (χ1v) is 8.22. The lowest BCUT2D eigenvalue weighted by molar-refractivity contribution is 0.102. The highest BCUT2D eigenvalue weighted by atomic mass is 35.5. The molecular formula is C18H14Cl2N4O. The number of nitrogens with one attached hydrogen (secondary N) is 2. The molecule has 0 bridgehead atoms. The van der Waals surface area contributed by atoms with Gasteiger partial charge in [-0.25, -0.2) is 4.98 Å². The van der Waals surface area contributed by atoms with Gasteiger partial charge < -0.3 is 10.6 Å². The van der Waals surface area contributed by atoms with Gasteiger partial charge in [-0.3, -0.25) is 9.78 Å².